The van der Waals surface area contributed by atoms with E-state index >= 15 is 0 Å². The number of amides is 3. The SMILES string of the molecule is COC(=O)C(Br)CN1C(=O)NC2(CCC(C)CC2)C1=O. The minimum absolute atomic E-state index is 0.00531. The topological polar surface area (TPSA) is 75.7 Å². The van der Waals surface area contributed by atoms with Gasteiger partial charge in [0.15, 0.2) is 0 Å². The zero-order valence-electron chi connectivity index (χ0n) is 11.6. The lowest BCUT2D eigenvalue weighted by molar-refractivity contribution is -0.140. The van der Waals surface area contributed by atoms with E-state index in [1.807, 2.05) is 0 Å². The predicted octanol–water partition coefficient (Wildman–Crippen LogP) is 1.42. The maximum atomic E-state index is 12.5. The molecule has 2 aliphatic rings. The molecule has 1 aliphatic carbocycles. The van der Waals surface area contributed by atoms with E-state index in [1.165, 1.54) is 7.11 Å². The molecule has 2 rings (SSSR count). The molecule has 0 aromatic carbocycles. The highest BCUT2D eigenvalue weighted by atomic mass is 79.9. The minimum atomic E-state index is -0.758. The monoisotopic (exact) mass is 346 g/mol. The highest BCUT2D eigenvalue weighted by Crippen LogP contribution is 2.36. The summed E-state index contributed by atoms with van der Waals surface area (Å²) in [7, 11) is 1.27. The van der Waals surface area contributed by atoms with E-state index in [0.717, 1.165) is 17.7 Å². The van der Waals surface area contributed by atoms with Gasteiger partial charge in [0.05, 0.1) is 13.7 Å². The van der Waals surface area contributed by atoms with Crippen LogP contribution in [0, 0.1) is 5.92 Å². The van der Waals surface area contributed by atoms with Crippen molar-refractivity contribution in [2.24, 2.45) is 5.92 Å². The van der Waals surface area contributed by atoms with Crippen molar-refractivity contribution in [3.8, 4) is 0 Å². The van der Waals surface area contributed by atoms with Crippen LogP contribution in [0.15, 0.2) is 0 Å². The van der Waals surface area contributed by atoms with E-state index in [2.05, 4.69) is 32.9 Å². The molecule has 3 amide bonds. The van der Waals surface area contributed by atoms with E-state index in [-0.39, 0.29) is 12.5 Å². The van der Waals surface area contributed by atoms with E-state index in [1.54, 1.807) is 0 Å². The molecular weight excluding hydrogens is 328 g/mol. The second kappa shape index (κ2) is 5.71. The summed E-state index contributed by atoms with van der Waals surface area (Å²) in [4.78, 5) is 36.3. The summed E-state index contributed by atoms with van der Waals surface area (Å²) < 4.78 is 4.59. The standard InChI is InChI=1S/C13H19BrN2O4/c1-8-3-5-13(6-4-8)11(18)16(12(19)15-13)7-9(14)10(17)20-2/h8-9H,3-7H2,1-2H3,(H,15,19). The predicted molar refractivity (Wildman–Crippen MR) is 75.3 cm³/mol. The summed E-state index contributed by atoms with van der Waals surface area (Å²) in [5, 5.41) is 2.82. The summed E-state index contributed by atoms with van der Waals surface area (Å²) in [5.41, 5.74) is -0.758. The lowest BCUT2D eigenvalue weighted by Crippen LogP contribution is -2.49. The molecule has 0 aromatic heterocycles. The highest BCUT2D eigenvalue weighted by molar-refractivity contribution is 9.10. The fourth-order valence-electron chi connectivity index (χ4n) is 2.80. The van der Waals surface area contributed by atoms with Gasteiger partial charge in [-0.1, -0.05) is 22.9 Å². The third kappa shape index (κ3) is 2.68. The number of urea groups is 1. The quantitative estimate of drug-likeness (QED) is 0.476. The van der Waals surface area contributed by atoms with Crippen LogP contribution < -0.4 is 5.32 Å². The molecule has 1 saturated carbocycles. The number of hydrogen-bond acceptors (Lipinski definition) is 4. The van der Waals surface area contributed by atoms with Gasteiger partial charge in [0.2, 0.25) is 0 Å². The van der Waals surface area contributed by atoms with E-state index in [0.29, 0.717) is 18.8 Å². The number of carbonyl (C=O) groups is 3. The third-order valence-electron chi connectivity index (χ3n) is 4.17. The van der Waals surface area contributed by atoms with E-state index in [9.17, 15) is 14.4 Å². The van der Waals surface area contributed by atoms with Gasteiger partial charge in [-0.15, -0.1) is 0 Å². The van der Waals surface area contributed by atoms with Gasteiger partial charge < -0.3 is 10.1 Å². The van der Waals surface area contributed by atoms with Crippen LogP contribution in [0.3, 0.4) is 0 Å². The Bertz CT molecular complexity index is 432. The number of nitrogens with zero attached hydrogens (tertiary/aromatic N) is 1. The molecular formula is C13H19BrN2O4. The van der Waals surface area contributed by atoms with Crippen LogP contribution in [0.1, 0.15) is 32.6 Å². The van der Waals surface area contributed by atoms with Gasteiger partial charge in [0.1, 0.15) is 10.4 Å². The van der Waals surface area contributed by atoms with Gasteiger partial charge in [-0.3, -0.25) is 14.5 Å². The van der Waals surface area contributed by atoms with Crippen molar-refractivity contribution < 1.29 is 19.1 Å². The van der Waals surface area contributed by atoms with Crippen molar-refractivity contribution in [3.63, 3.8) is 0 Å². The molecule has 7 heteroatoms. The molecule has 1 saturated heterocycles. The Balaban J connectivity index is 2.07. The summed E-state index contributed by atoms with van der Waals surface area (Å²) >= 11 is 3.14. The Labute approximate surface area is 126 Å². The molecule has 20 heavy (non-hydrogen) atoms. The first-order valence-corrected chi connectivity index (χ1v) is 7.67. The third-order valence-corrected chi connectivity index (χ3v) is 4.84. The average Bonchev–Trinajstić information content (AvgIpc) is 2.66. The van der Waals surface area contributed by atoms with Crippen LogP contribution in [-0.4, -0.2) is 46.8 Å². The minimum Gasteiger partial charge on any atom is -0.468 e. The van der Waals surface area contributed by atoms with Crippen molar-refractivity contribution in [2.75, 3.05) is 13.7 Å². The number of ether oxygens (including phenoxy) is 1. The van der Waals surface area contributed by atoms with Crippen LogP contribution in [0.25, 0.3) is 0 Å². The molecule has 6 nitrogen and oxygen atoms in total. The number of halogens is 1. The van der Waals surface area contributed by atoms with Crippen molar-refractivity contribution in [2.45, 2.75) is 43.0 Å². The van der Waals surface area contributed by atoms with Crippen LogP contribution in [0.5, 0.6) is 0 Å². The fraction of sp³-hybridized carbons (Fsp3) is 0.769. The molecule has 0 aromatic rings. The largest absolute Gasteiger partial charge is 0.468 e. The molecule has 2 fully saturated rings. The van der Waals surface area contributed by atoms with Gasteiger partial charge in [0.25, 0.3) is 5.91 Å². The average molecular weight is 347 g/mol. The van der Waals surface area contributed by atoms with Gasteiger partial charge >= 0.3 is 12.0 Å². The smallest absolute Gasteiger partial charge is 0.325 e. The highest BCUT2D eigenvalue weighted by Gasteiger charge is 2.52. The van der Waals surface area contributed by atoms with E-state index in [4.69, 9.17) is 0 Å². The van der Waals surface area contributed by atoms with Crippen molar-refractivity contribution >= 4 is 33.8 Å². The summed E-state index contributed by atoms with van der Waals surface area (Å²) in [6.07, 6.45) is 3.18. The zero-order chi connectivity index (χ0) is 14.9. The van der Waals surface area contributed by atoms with Crippen LogP contribution >= 0.6 is 15.9 Å². The molecule has 0 radical (unpaired) electrons. The van der Waals surface area contributed by atoms with Crippen LogP contribution in [0.4, 0.5) is 4.79 Å². The maximum Gasteiger partial charge on any atom is 0.325 e. The Morgan fingerprint density at radius 3 is 2.65 bits per heavy atom. The second-order valence-corrected chi connectivity index (χ2v) is 6.71. The van der Waals surface area contributed by atoms with Gasteiger partial charge in [-0.2, -0.15) is 0 Å². The fourth-order valence-corrected chi connectivity index (χ4v) is 3.28. The number of esters is 1. The molecule has 1 unspecified atom stereocenters. The Kier molecular flexibility index (Phi) is 4.36. The van der Waals surface area contributed by atoms with Crippen LogP contribution in [0.2, 0.25) is 0 Å². The summed E-state index contributed by atoms with van der Waals surface area (Å²) in [6, 6.07) is -0.419. The Morgan fingerprint density at radius 1 is 1.50 bits per heavy atom. The first-order chi connectivity index (χ1) is 9.39. The number of methoxy groups -OCH3 is 1. The van der Waals surface area contributed by atoms with Crippen molar-refractivity contribution in [1.82, 2.24) is 10.2 Å². The molecule has 1 atom stereocenters. The molecule has 0 bridgehead atoms. The first kappa shape index (κ1) is 15.3. The summed E-state index contributed by atoms with van der Waals surface area (Å²) in [6.45, 7) is 2.15. The Hall–Kier alpha value is -1.11. The normalized spacial score (nSPS) is 31.4. The second-order valence-electron chi connectivity index (χ2n) is 5.60. The zero-order valence-corrected chi connectivity index (χ0v) is 13.2. The molecule has 1 N–H and O–H groups in total. The Morgan fingerprint density at radius 2 is 2.10 bits per heavy atom. The van der Waals surface area contributed by atoms with Crippen molar-refractivity contribution in [3.05, 3.63) is 0 Å². The molecule has 112 valence electrons. The number of alkyl halides is 1. The number of imide groups is 1. The summed E-state index contributed by atoms with van der Waals surface area (Å²) in [5.74, 6) is -0.134. The number of hydrogen-bond donors (Lipinski definition) is 1. The number of rotatable bonds is 3. The lowest BCUT2D eigenvalue weighted by Gasteiger charge is -2.33. The van der Waals surface area contributed by atoms with Gasteiger partial charge in [-0.25, -0.2) is 4.79 Å². The number of carbonyl (C=O) groups excluding carboxylic acids is 3. The van der Waals surface area contributed by atoms with Gasteiger partial charge in [-0.05, 0) is 31.6 Å². The maximum absolute atomic E-state index is 12.5. The molecule has 1 heterocycles. The first-order valence-electron chi connectivity index (χ1n) is 6.75. The van der Waals surface area contributed by atoms with Crippen LogP contribution in [-0.2, 0) is 14.3 Å². The molecule has 1 aliphatic heterocycles. The van der Waals surface area contributed by atoms with Crippen molar-refractivity contribution in [1.29, 1.82) is 0 Å². The molecule has 1 spiro atoms. The van der Waals surface area contributed by atoms with Gasteiger partial charge in [0, 0.05) is 0 Å². The lowest BCUT2D eigenvalue weighted by atomic mass is 9.77. The number of nitrogens with one attached hydrogen (secondary N) is 1. The van der Waals surface area contributed by atoms with E-state index < -0.39 is 22.4 Å².